The fourth-order valence-corrected chi connectivity index (χ4v) is 2.57. The van der Waals surface area contributed by atoms with Gasteiger partial charge in [-0.2, -0.15) is 18.2 Å². The number of carboxylic acids is 1. The van der Waals surface area contributed by atoms with Gasteiger partial charge in [0.15, 0.2) is 0 Å². The predicted octanol–water partition coefficient (Wildman–Crippen LogP) is 2.16. The molecule has 2 aromatic rings. The summed E-state index contributed by atoms with van der Waals surface area (Å²) in [6, 6.07) is 10.4. The second-order valence-corrected chi connectivity index (χ2v) is 6.28. The monoisotopic (exact) mass is 386 g/mol. The fourth-order valence-electron chi connectivity index (χ4n) is 2.57. The van der Waals surface area contributed by atoms with Crippen LogP contribution in [0.1, 0.15) is 5.89 Å². The molecule has 1 atom stereocenters. The van der Waals surface area contributed by atoms with E-state index in [4.69, 9.17) is 14.4 Å². The van der Waals surface area contributed by atoms with Crippen molar-refractivity contribution < 1.29 is 27.6 Å². The van der Waals surface area contributed by atoms with E-state index in [0.29, 0.717) is 11.9 Å². The molecular formula is C17H21F3N4O3. The molecule has 0 bridgehead atoms. The van der Waals surface area contributed by atoms with Crippen LogP contribution in [0, 0.1) is 0 Å². The lowest BCUT2D eigenvalue weighted by Gasteiger charge is -2.37. The molecule has 0 radical (unpaired) electrons. The van der Waals surface area contributed by atoms with E-state index >= 15 is 0 Å². The second-order valence-electron chi connectivity index (χ2n) is 6.28. The number of nitrogens with zero attached hydrogens (tertiary/aromatic N) is 4. The van der Waals surface area contributed by atoms with Crippen molar-refractivity contribution in [1.82, 2.24) is 19.9 Å². The van der Waals surface area contributed by atoms with Gasteiger partial charge in [0.25, 0.3) is 0 Å². The summed E-state index contributed by atoms with van der Waals surface area (Å²) in [5.74, 6) is -1.36. The number of rotatable bonds is 3. The molecule has 1 aliphatic heterocycles. The van der Waals surface area contributed by atoms with Gasteiger partial charge in [-0.15, -0.1) is 0 Å². The number of carbonyl (C=O) groups is 1. The molecule has 2 heterocycles. The highest BCUT2D eigenvalue weighted by molar-refractivity contribution is 5.73. The maximum atomic E-state index is 10.6. The maximum Gasteiger partial charge on any atom is 0.490 e. The third-order valence-corrected chi connectivity index (χ3v) is 4.13. The van der Waals surface area contributed by atoms with E-state index in [1.807, 2.05) is 30.3 Å². The van der Waals surface area contributed by atoms with Crippen molar-refractivity contribution in [2.24, 2.45) is 0 Å². The Morgan fingerprint density at radius 3 is 2.48 bits per heavy atom. The molecule has 1 unspecified atom stereocenters. The van der Waals surface area contributed by atoms with Crippen LogP contribution in [-0.2, 0) is 11.2 Å². The average Bonchev–Trinajstić information content (AvgIpc) is 3.07. The van der Waals surface area contributed by atoms with Crippen LogP contribution in [0.2, 0.25) is 0 Å². The van der Waals surface area contributed by atoms with E-state index < -0.39 is 12.1 Å². The molecule has 148 valence electrons. The summed E-state index contributed by atoms with van der Waals surface area (Å²) in [5.41, 5.74) is 0.997. The molecule has 0 saturated carbocycles. The molecule has 0 amide bonds. The number of alkyl halides is 3. The number of aliphatic carboxylic acids is 1. The van der Waals surface area contributed by atoms with Crippen molar-refractivity contribution in [1.29, 1.82) is 0 Å². The normalized spacial score (nSPS) is 18.6. The Hall–Kier alpha value is -2.46. The zero-order valence-corrected chi connectivity index (χ0v) is 15.0. The smallest absolute Gasteiger partial charge is 0.475 e. The van der Waals surface area contributed by atoms with E-state index in [0.717, 1.165) is 37.5 Å². The molecule has 1 aromatic heterocycles. The van der Waals surface area contributed by atoms with E-state index in [2.05, 4.69) is 34.0 Å². The first-order valence-corrected chi connectivity index (χ1v) is 8.23. The molecular weight excluding hydrogens is 365 g/mol. The van der Waals surface area contributed by atoms with Gasteiger partial charge in [0.2, 0.25) is 11.7 Å². The van der Waals surface area contributed by atoms with Crippen molar-refractivity contribution in [3.63, 3.8) is 0 Å². The number of carboxylic acid groups (broad SMARTS) is 1. The van der Waals surface area contributed by atoms with E-state index in [-0.39, 0.29) is 0 Å². The summed E-state index contributed by atoms with van der Waals surface area (Å²) in [6.07, 6.45) is -4.28. The quantitative estimate of drug-likeness (QED) is 0.866. The lowest BCUT2D eigenvalue weighted by Crippen LogP contribution is -2.50. The summed E-state index contributed by atoms with van der Waals surface area (Å²) < 4.78 is 37.1. The number of benzene rings is 1. The molecule has 1 aliphatic rings. The van der Waals surface area contributed by atoms with Gasteiger partial charge in [-0.3, -0.25) is 0 Å². The predicted molar refractivity (Wildman–Crippen MR) is 91.0 cm³/mol. The first kappa shape index (κ1) is 20.8. The van der Waals surface area contributed by atoms with Crippen molar-refractivity contribution in [2.75, 3.05) is 33.7 Å². The molecule has 27 heavy (non-hydrogen) atoms. The van der Waals surface area contributed by atoms with Gasteiger partial charge < -0.3 is 19.4 Å². The van der Waals surface area contributed by atoms with Gasteiger partial charge in [0.1, 0.15) is 0 Å². The zero-order valence-electron chi connectivity index (χ0n) is 15.0. The minimum Gasteiger partial charge on any atom is -0.475 e. The number of likely N-dealkylation sites (N-methyl/N-ethyl adjacent to an activating group) is 2. The van der Waals surface area contributed by atoms with Crippen LogP contribution in [0.4, 0.5) is 13.2 Å². The van der Waals surface area contributed by atoms with Crippen molar-refractivity contribution in [2.45, 2.75) is 18.6 Å². The Balaban J connectivity index is 0.000000321. The summed E-state index contributed by atoms with van der Waals surface area (Å²) in [6.45, 7) is 3.24. The van der Waals surface area contributed by atoms with Gasteiger partial charge in [-0.25, -0.2) is 4.79 Å². The highest BCUT2D eigenvalue weighted by atomic mass is 19.4. The first-order chi connectivity index (χ1) is 12.7. The van der Waals surface area contributed by atoms with E-state index in [1.54, 1.807) is 0 Å². The summed E-state index contributed by atoms with van der Waals surface area (Å²) in [5, 5.41) is 11.2. The maximum absolute atomic E-state index is 10.6. The lowest BCUT2D eigenvalue weighted by molar-refractivity contribution is -0.192. The summed E-state index contributed by atoms with van der Waals surface area (Å²) >= 11 is 0. The molecule has 0 aliphatic carbocycles. The van der Waals surface area contributed by atoms with Crippen LogP contribution in [0.3, 0.4) is 0 Å². The third-order valence-electron chi connectivity index (χ3n) is 4.13. The van der Waals surface area contributed by atoms with E-state index in [1.165, 1.54) is 0 Å². The third kappa shape index (κ3) is 6.33. The Bertz CT molecular complexity index is 737. The minimum atomic E-state index is -5.08. The van der Waals surface area contributed by atoms with Crippen molar-refractivity contribution in [3.05, 3.63) is 36.2 Å². The largest absolute Gasteiger partial charge is 0.490 e. The number of hydrogen-bond acceptors (Lipinski definition) is 6. The van der Waals surface area contributed by atoms with Crippen LogP contribution in [0.5, 0.6) is 0 Å². The van der Waals surface area contributed by atoms with Crippen molar-refractivity contribution in [3.8, 4) is 11.4 Å². The van der Waals surface area contributed by atoms with Crippen LogP contribution in [-0.4, -0.2) is 77.0 Å². The van der Waals surface area contributed by atoms with Gasteiger partial charge in [0, 0.05) is 37.7 Å². The molecule has 1 N–H and O–H groups in total. The molecule has 7 nitrogen and oxygen atoms in total. The Morgan fingerprint density at radius 2 is 1.89 bits per heavy atom. The number of aromatic nitrogens is 2. The highest BCUT2D eigenvalue weighted by Crippen LogP contribution is 2.17. The molecule has 10 heteroatoms. The molecule has 1 aromatic carbocycles. The van der Waals surface area contributed by atoms with Gasteiger partial charge in [0.05, 0.1) is 0 Å². The molecule has 1 fully saturated rings. The van der Waals surface area contributed by atoms with Gasteiger partial charge in [-0.05, 0) is 14.1 Å². The molecule has 1 saturated heterocycles. The SMILES string of the molecule is CN1CCN(C)C(Cc2nc(-c3ccccc3)no2)C1.O=C(O)C(F)(F)F. The minimum absolute atomic E-state index is 0.442. The van der Waals surface area contributed by atoms with E-state index in [9.17, 15) is 13.2 Å². The molecule has 3 rings (SSSR count). The van der Waals surface area contributed by atoms with Gasteiger partial charge >= 0.3 is 12.1 Å². The van der Waals surface area contributed by atoms with Gasteiger partial charge in [-0.1, -0.05) is 35.5 Å². The van der Waals surface area contributed by atoms with Crippen LogP contribution >= 0.6 is 0 Å². The Kier molecular flexibility index (Phi) is 6.92. The summed E-state index contributed by atoms with van der Waals surface area (Å²) in [7, 11) is 4.31. The highest BCUT2D eigenvalue weighted by Gasteiger charge is 2.38. The number of hydrogen-bond donors (Lipinski definition) is 1. The molecule has 0 spiro atoms. The average molecular weight is 386 g/mol. The lowest BCUT2D eigenvalue weighted by atomic mass is 10.1. The summed E-state index contributed by atoms with van der Waals surface area (Å²) in [4.78, 5) is 18.1. The first-order valence-electron chi connectivity index (χ1n) is 8.23. The standard InChI is InChI=1S/C15H20N4O.C2HF3O2/c1-18-8-9-19(2)13(11-18)10-14-16-15(17-20-14)12-6-4-3-5-7-12;3-2(4,5)1(6)7/h3-7,13H,8-11H2,1-2H3;(H,6,7). The fraction of sp³-hybridized carbons (Fsp3) is 0.471. The Labute approximate surface area is 154 Å². The van der Waals surface area contributed by atoms with Crippen molar-refractivity contribution >= 4 is 5.97 Å². The number of piperazine rings is 1. The van der Waals surface area contributed by atoms with Crippen LogP contribution in [0.15, 0.2) is 34.9 Å². The Morgan fingerprint density at radius 1 is 1.26 bits per heavy atom. The van der Waals surface area contributed by atoms with Crippen LogP contribution < -0.4 is 0 Å². The second kappa shape index (κ2) is 8.96. The zero-order chi connectivity index (χ0) is 20.0. The topological polar surface area (TPSA) is 82.7 Å². The van der Waals surface area contributed by atoms with Crippen LogP contribution in [0.25, 0.3) is 11.4 Å². The number of halogens is 3.